The van der Waals surface area contributed by atoms with Crippen LogP contribution in [0.2, 0.25) is 0 Å². The van der Waals surface area contributed by atoms with E-state index in [2.05, 4.69) is 4.74 Å². The average molecular weight is 257 g/mol. The lowest BCUT2D eigenvalue weighted by Gasteiger charge is -2.17. The fourth-order valence-corrected chi connectivity index (χ4v) is 1.44. The highest BCUT2D eigenvalue weighted by Crippen LogP contribution is 2.20. The maximum absolute atomic E-state index is 13.4. The quantitative estimate of drug-likeness (QED) is 0.662. The van der Waals surface area contributed by atoms with Crippen LogP contribution in [0.3, 0.4) is 0 Å². The van der Waals surface area contributed by atoms with Crippen LogP contribution in [0.4, 0.5) is 4.39 Å². The predicted octanol–water partition coefficient (Wildman–Crippen LogP) is 0.355. The molecule has 0 heterocycles. The molecule has 4 N–H and O–H groups in total. The van der Waals surface area contributed by atoms with Crippen molar-refractivity contribution in [1.29, 1.82) is 0 Å². The third-order valence-corrected chi connectivity index (χ3v) is 2.43. The minimum Gasteiger partial charge on any atom is -0.462 e. The molecular formula is C12H16FNO4. The van der Waals surface area contributed by atoms with E-state index in [-0.39, 0.29) is 24.3 Å². The second kappa shape index (κ2) is 6.44. The molecule has 1 aromatic rings. The highest BCUT2D eigenvalue weighted by atomic mass is 19.1. The Morgan fingerprint density at radius 1 is 1.50 bits per heavy atom. The molecule has 0 aliphatic carbocycles. The summed E-state index contributed by atoms with van der Waals surface area (Å²) >= 11 is 0. The van der Waals surface area contributed by atoms with Gasteiger partial charge in [-0.3, -0.25) is 0 Å². The maximum Gasteiger partial charge on any atom is 0.341 e. The Hall–Kier alpha value is -1.50. The summed E-state index contributed by atoms with van der Waals surface area (Å²) in [6, 6.07) is 3.46. The lowest BCUT2D eigenvalue weighted by Crippen LogP contribution is -2.27. The Morgan fingerprint density at radius 3 is 2.72 bits per heavy atom. The molecule has 5 nitrogen and oxygen atoms in total. The first-order chi connectivity index (χ1) is 8.51. The molecule has 0 spiro atoms. The van der Waals surface area contributed by atoms with E-state index >= 15 is 0 Å². The summed E-state index contributed by atoms with van der Waals surface area (Å²) in [5.74, 6) is -1.56. The van der Waals surface area contributed by atoms with E-state index in [1.807, 2.05) is 0 Å². The van der Waals surface area contributed by atoms with E-state index in [1.54, 1.807) is 6.92 Å². The van der Waals surface area contributed by atoms with Gasteiger partial charge in [-0.2, -0.15) is 0 Å². The molecule has 2 unspecified atom stereocenters. The summed E-state index contributed by atoms with van der Waals surface area (Å²) < 4.78 is 18.1. The summed E-state index contributed by atoms with van der Waals surface area (Å²) in [4.78, 5) is 11.4. The number of hydrogen-bond donors (Lipinski definition) is 3. The number of carbonyl (C=O) groups is 1. The van der Waals surface area contributed by atoms with Crippen LogP contribution in [0.1, 0.15) is 28.9 Å². The fraction of sp³-hybridized carbons (Fsp3) is 0.417. The van der Waals surface area contributed by atoms with Gasteiger partial charge in [0.2, 0.25) is 0 Å². The lowest BCUT2D eigenvalue weighted by molar-refractivity contribution is 0.0241. The number of carbonyl (C=O) groups excluding carboxylic acids is 1. The van der Waals surface area contributed by atoms with Gasteiger partial charge in [0.1, 0.15) is 11.9 Å². The topological polar surface area (TPSA) is 92.8 Å². The number of esters is 1. The SMILES string of the molecule is CCOC(=O)c1cc(C(O)C(O)CN)ccc1F. The molecule has 1 aromatic carbocycles. The van der Waals surface area contributed by atoms with E-state index in [9.17, 15) is 19.4 Å². The third-order valence-electron chi connectivity index (χ3n) is 2.43. The van der Waals surface area contributed by atoms with Gasteiger partial charge in [0.05, 0.1) is 18.3 Å². The summed E-state index contributed by atoms with van der Waals surface area (Å²) in [6.07, 6.45) is -2.45. The molecule has 100 valence electrons. The number of ether oxygens (including phenoxy) is 1. The minimum atomic E-state index is -1.27. The van der Waals surface area contributed by atoms with Gasteiger partial charge in [-0.05, 0) is 24.6 Å². The van der Waals surface area contributed by atoms with Crippen molar-refractivity contribution in [3.8, 4) is 0 Å². The van der Waals surface area contributed by atoms with E-state index in [0.717, 1.165) is 12.1 Å². The Kier molecular flexibility index (Phi) is 5.21. The zero-order valence-corrected chi connectivity index (χ0v) is 9.97. The summed E-state index contributed by atoms with van der Waals surface area (Å²) in [5, 5.41) is 19.1. The van der Waals surface area contributed by atoms with Gasteiger partial charge in [-0.1, -0.05) is 6.07 Å². The Balaban J connectivity index is 3.03. The Labute approximate surface area is 104 Å². The molecule has 0 aliphatic heterocycles. The second-order valence-electron chi connectivity index (χ2n) is 3.71. The number of halogens is 1. The molecule has 0 fully saturated rings. The van der Waals surface area contributed by atoms with Crippen molar-refractivity contribution in [1.82, 2.24) is 0 Å². The largest absolute Gasteiger partial charge is 0.462 e. The first-order valence-corrected chi connectivity index (χ1v) is 5.54. The van der Waals surface area contributed by atoms with E-state index in [1.165, 1.54) is 6.07 Å². The lowest BCUT2D eigenvalue weighted by atomic mass is 10.0. The number of nitrogens with two attached hydrogens (primary N) is 1. The Morgan fingerprint density at radius 2 is 2.17 bits per heavy atom. The van der Waals surface area contributed by atoms with Crippen LogP contribution >= 0.6 is 0 Å². The molecule has 0 saturated carbocycles. The second-order valence-corrected chi connectivity index (χ2v) is 3.71. The van der Waals surface area contributed by atoms with Gasteiger partial charge in [0.25, 0.3) is 0 Å². The first-order valence-electron chi connectivity index (χ1n) is 5.54. The van der Waals surface area contributed by atoms with E-state index in [4.69, 9.17) is 5.73 Å². The Bertz CT molecular complexity index is 425. The molecule has 6 heteroatoms. The van der Waals surface area contributed by atoms with E-state index < -0.39 is 24.0 Å². The molecule has 1 rings (SSSR count). The molecule has 18 heavy (non-hydrogen) atoms. The van der Waals surface area contributed by atoms with Crippen molar-refractivity contribution in [3.05, 3.63) is 35.1 Å². The number of rotatable bonds is 5. The van der Waals surface area contributed by atoms with Crippen molar-refractivity contribution in [3.63, 3.8) is 0 Å². The predicted molar refractivity (Wildman–Crippen MR) is 62.4 cm³/mol. The number of hydrogen-bond acceptors (Lipinski definition) is 5. The van der Waals surface area contributed by atoms with Gasteiger partial charge in [-0.15, -0.1) is 0 Å². The van der Waals surface area contributed by atoms with Crippen LogP contribution in [0.5, 0.6) is 0 Å². The molecule has 0 radical (unpaired) electrons. The molecule has 0 amide bonds. The van der Waals surface area contributed by atoms with Gasteiger partial charge < -0.3 is 20.7 Å². The average Bonchev–Trinajstić information content (AvgIpc) is 2.37. The first kappa shape index (κ1) is 14.6. The van der Waals surface area contributed by atoms with Gasteiger partial charge in [0, 0.05) is 6.54 Å². The van der Waals surface area contributed by atoms with Gasteiger partial charge in [0.15, 0.2) is 0 Å². The molecule has 2 atom stereocenters. The van der Waals surface area contributed by atoms with Crippen molar-refractivity contribution >= 4 is 5.97 Å². The maximum atomic E-state index is 13.4. The van der Waals surface area contributed by atoms with Crippen molar-refractivity contribution in [2.24, 2.45) is 5.73 Å². The summed E-state index contributed by atoms with van der Waals surface area (Å²) in [7, 11) is 0. The monoisotopic (exact) mass is 257 g/mol. The zero-order chi connectivity index (χ0) is 13.7. The van der Waals surface area contributed by atoms with Crippen LogP contribution in [0.25, 0.3) is 0 Å². The fourth-order valence-electron chi connectivity index (χ4n) is 1.44. The van der Waals surface area contributed by atoms with Crippen LogP contribution in [-0.4, -0.2) is 35.4 Å². The van der Waals surface area contributed by atoms with E-state index in [0.29, 0.717) is 0 Å². The minimum absolute atomic E-state index is 0.122. The molecule has 0 aliphatic rings. The van der Waals surface area contributed by atoms with Crippen LogP contribution in [-0.2, 0) is 4.74 Å². The normalized spacial score (nSPS) is 14.1. The van der Waals surface area contributed by atoms with Gasteiger partial charge >= 0.3 is 5.97 Å². The smallest absolute Gasteiger partial charge is 0.341 e. The molecular weight excluding hydrogens is 241 g/mol. The van der Waals surface area contributed by atoms with Crippen molar-refractivity contribution in [2.75, 3.05) is 13.2 Å². The molecule has 0 saturated heterocycles. The zero-order valence-electron chi connectivity index (χ0n) is 9.97. The number of aliphatic hydroxyl groups is 2. The van der Waals surface area contributed by atoms with Crippen LogP contribution < -0.4 is 5.73 Å². The number of benzene rings is 1. The van der Waals surface area contributed by atoms with Crippen molar-refractivity contribution in [2.45, 2.75) is 19.1 Å². The molecule has 0 aromatic heterocycles. The standard InChI is InChI=1S/C12H16FNO4/c1-2-18-12(17)8-5-7(3-4-9(8)13)11(16)10(15)6-14/h3-5,10-11,15-16H,2,6,14H2,1H3. The van der Waals surface area contributed by atoms with Gasteiger partial charge in [-0.25, -0.2) is 9.18 Å². The third kappa shape index (κ3) is 3.25. The summed E-state index contributed by atoms with van der Waals surface area (Å²) in [6.45, 7) is 1.58. The van der Waals surface area contributed by atoms with Crippen molar-refractivity contribution < 1.29 is 24.1 Å². The number of aliphatic hydroxyl groups excluding tert-OH is 2. The van der Waals surface area contributed by atoms with Crippen LogP contribution in [0, 0.1) is 5.82 Å². The highest BCUT2D eigenvalue weighted by Gasteiger charge is 2.20. The highest BCUT2D eigenvalue weighted by molar-refractivity contribution is 5.89. The van der Waals surface area contributed by atoms with Crippen LogP contribution in [0.15, 0.2) is 18.2 Å². The molecule has 0 bridgehead atoms. The summed E-state index contributed by atoms with van der Waals surface area (Å²) in [5.41, 5.74) is 5.14.